The summed E-state index contributed by atoms with van der Waals surface area (Å²) in [6, 6.07) is 8.74. The summed E-state index contributed by atoms with van der Waals surface area (Å²) in [6.07, 6.45) is 4.95. The van der Waals surface area contributed by atoms with Gasteiger partial charge in [0.05, 0.1) is 17.2 Å². The van der Waals surface area contributed by atoms with E-state index in [1.54, 1.807) is 11.3 Å². The molecule has 1 aromatic heterocycles. The maximum atomic E-state index is 4.85. The Kier molecular flexibility index (Phi) is 8.50. The van der Waals surface area contributed by atoms with Gasteiger partial charge in [0.2, 0.25) is 0 Å². The molecule has 6 heteroatoms. The van der Waals surface area contributed by atoms with Gasteiger partial charge in [-0.3, -0.25) is 4.90 Å². The number of aromatic nitrogens is 1. The molecule has 1 fully saturated rings. The minimum absolute atomic E-state index is 0.703. The van der Waals surface area contributed by atoms with Gasteiger partial charge in [-0.1, -0.05) is 30.7 Å². The third-order valence-corrected chi connectivity index (χ3v) is 6.55. The highest BCUT2D eigenvalue weighted by Crippen LogP contribution is 2.17. The molecule has 2 heterocycles. The molecular weight excluding hydrogens is 378 g/mol. The monoisotopic (exact) mass is 413 g/mol. The minimum Gasteiger partial charge on any atom is -0.357 e. The quantitative estimate of drug-likeness (QED) is 0.506. The lowest BCUT2D eigenvalue weighted by Crippen LogP contribution is -2.38. The molecule has 1 aromatic carbocycles. The van der Waals surface area contributed by atoms with Crippen LogP contribution in [0.5, 0.6) is 0 Å². The molecule has 1 saturated heterocycles. The Bertz CT molecular complexity index is 773. The molecule has 0 bridgehead atoms. The van der Waals surface area contributed by atoms with Gasteiger partial charge in [0, 0.05) is 30.9 Å². The number of likely N-dealkylation sites (tertiary alicyclic amines) is 1. The number of rotatable bonds is 8. The van der Waals surface area contributed by atoms with E-state index in [1.165, 1.54) is 53.4 Å². The molecule has 0 unspecified atom stereocenters. The summed E-state index contributed by atoms with van der Waals surface area (Å²) in [5.74, 6) is 0.880. The van der Waals surface area contributed by atoms with Crippen molar-refractivity contribution < 1.29 is 0 Å². The lowest BCUT2D eigenvalue weighted by Gasteiger charge is -2.27. The van der Waals surface area contributed by atoms with Crippen LogP contribution in [0.2, 0.25) is 0 Å². The fourth-order valence-corrected chi connectivity index (χ4v) is 4.60. The van der Waals surface area contributed by atoms with Gasteiger partial charge in [0.25, 0.3) is 0 Å². The van der Waals surface area contributed by atoms with Crippen molar-refractivity contribution in [2.24, 2.45) is 4.99 Å². The molecule has 0 amide bonds. The number of guanidine groups is 1. The molecule has 29 heavy (non-hydrogen) atoms. The van der Waals surface area contributed by atoms with E-state index in [-0.39, 0.29) is 0 Å². The summed E-state index contributed by atoms with van der Waals surface area (Å²) in [5.41, 5.74) is 3.88. The number of nitrogens with zero attached hydrogens (tertiary/aromatic N) is 3. The first kappa shape index (κ1) is 21.8. The highest BCUT2D eigenvalue weighted by Gasteiger charge is 2.12. The van der Waals surface area contributed by atoms with Gasteiger partial charge in [-0.2, -0.15) is 0 Å². The van der Waals surface area contributed by atoms with Gasteiger partial charge in [0.1, 0.15) is 0 Å². The van der Waals surface area contributed by atoms with Crippen LogP contribution in [0.25, 0.3) is 0 Å². The van der Waals surface area contributed by atoms with Crippen LogP contribution in [0.15, 0.2) is 29.3 Å². The summed E-state index contributed by atoms with van der Waals surface area (Å²) in [6.45, 7) is 12.2. The zero-order chi connectivity index (χ0) is 20.5. The first-order valence-corrected chi connectivity index (χ1v) is 11.7. The van der Waals surface area contributed by atoms with Crippen molar-refractivity contribution in [2.75, 3.05) is 26.2 Å². The van der Waals surface area contributed by atoms with Gasteiger partial charge in [-0.05, 0) is 57.8 Å². The average Bonchev–Trinajstić information content (AvgIpc) is 3.05. The van der Waals surface area contributed by atoms with E-state index in [2.05, 4.69) is 65.6 Å². The van der Waals surface area contributed by atoms with E-state index in [0.717, 1.165) is 37.7 Å². The van der Waals surface area contributed by atoms with E-state index >= 15 is 0 Å². The smallest absolute Gasteiger partial charge is 0.191 e. The predicted molar refractivity (Wildman–Crippen MR) is 124 cm³/mol. The summed E-state index contributed by atoms with van der Waals surface area (Å²) in [5, 5.41) is 8.02. The van der Waals surface area contributed by atoms with Crippen molar-refractivity contribution in [2.45, 2.75) is 59.5 Å². The Morgan fingerprint density at radius 1 is 1.10 bits per heavy atom. The number of benzene rings is 1. The van der Waals surface area contributed by atoms with Crippen LogP contribution in [0.3, 0.4) is 0 Å². The number of nitrogens with one attached hydrogen (secondary N) is 2. The van der Waals surface area contributed by atoms with Crippen molar-refractivity contribution in [3.8, 4) is 0 Å². The average molecular weight is 414 g/mol. The molecule has 3 rings (SSSR count). The van der Waals surface area contributed by atoms with Crippen LogP contribution >= 0.6 is 11.3 Å². The SMILES string of the molecule is CCNC(=NCc1ccccc1CN1CCCCC1)NCCc1nc(C)c(C)s1. The zero-order valence-corrected chi connectivity index (χ0v) is 18.9. The van der Waals surface area contributed by atoms with Crippen LogP contribution in [-0.2, 0) is 19.5 Å². The van der Waals surface area contributed by atoms with E-state index in [1.807, 2.05) is 0 Å². The van der Waals surface area contributed by atoms with Crippen molar-refractivity contribution in [3.05, 3.63) is 51.0 Å². The summed E-state index contributed by atoms with van der Waals surface area (Å²) >= 11 is 1.79. The summed E-state index contributed by atoms with van der Waals surface area (Å²) in [7, 11) is 0. The molecule has 2 aromatic rings. The maximum Gasteiger partial charge on any atom is 0.191 e. The molecular formula is C23H35N5S. The Morgan fingerprint density at radius 3 is 2.55 bits per heavy atom. The van der Waals surface area contributed by atoms with Gasteiger partial charge in [-0.15, -0.1) is 11.3 Å². The van der Waals surface area contributed by atoms with Crippen molar-refractivity contribution >= 4 is 17.3 Å². The summed E-state index contributed by atoms with van der Waals surface area (Å²) < 4.78 is 0. The number of aliphatic imine (C=N–C) groups is 1. The van der Waals surface area contributed by atoms with Gasteiger partial charge < -0.3 is 10.6 Å². The second-order valence-corrected chi connectivity index (χ2v) is 9.01. The van der Waals surface area contributed by atoms with E-state index < -0.39 is 0 Å². The first-order chi connectivity index (χ1) is 14.2. The van der Waals surface area contributed by atoms with Crippen LogP contribution < -0.4 is 10.6 Å². The third-order valence-electron chi connectivity index (χ3n) is 5.42. The van der Waals surface area contributed by atoms with Crippen LogP contribution in [0.4, 0.5) is 0 Å². The fourth-order valence-electron chi connectivity index (χ4n) is 3.66. The first-order valence-electron chi connectivity index (χ1n) is 10.9. The standard InChI is InChI=1S/C23H35N5S/c1-4-24-23(25-13-12-22-27-18(2)19(3)29-22)26-16-20-10-6-7-11-21(20)17-28-14-8-5-9-15-28/h6-7,10-11H,4-5,8-9,12-17H2,1-3H3,(H2,24,25,26). The number of thiazole rings is 1. The zero-order valence-electron chi connectivity index (χ0n) is 18.1. The van der Waals surface area contributed by atoms with Crippen LogP contribution in [0, 0.1) is 13.8 Å². The van der Waals surface area contributed by atoms with Crippen molar-refractivity contribution in [3.63, 3.8) is 0 Å². The lowest BCUT2D eigenvalue weighted by atomic mass is 10.1. The highest BCUT2D eigenvalue weighted by atomic mass is 32.1. The molecule has 1 aliphatic rings. The number of hydrogen-bond donors (Lipinski definition) is 2. The predicted octanol–water partition coefficient (Wildman–Crippen LogP) is 4.04. The molecule has 1 aliphatic heterocycles. The molecule has 0 aliphatic carbocycles. The van der Waals surface area contributed by atoms with Crippen LogP contribution in [0.1, 0.15) is 52.9 Å². The lowest BCUT2D eigenvalue weighted by molar-refractivity contribution is 0.220. The molecule has 0 saturated carbocycles. The molecule has 158 valence electrons. The topological polar surface area (TPSA) is 52.6 Å². The molecule has 5 nitrogen and oxygen atoms in total. The van der Waals surface area contributed by atoms with Gasteiger partial charge in [0.15, 0.2) is 5.96 Å². The van der Waals surface area contributed by atoms with Crippen molar-refractivity contribution in [1.82, 2.24) is 20.5 Å². The Labute approximate surface area is 179 Å². The van der Waals surface area contributed by atoms with E-state index in [9.17, 15) is 0 Å². The molecule has 0 atom stereocenters. The van der Waals surface area contributed by atoms with Crippen LogP contribution in [-0.4, -0.2) is 42.0 Å². The fraction of sp³-hybridized carbons (Fsp3) is 0.565. The normalized spacial score (nSPS) is 15.5. The number of aryl methyl sites for hydroxylation is 2. The van der Waals surface area contributed by atoms with E-state index in [0.29, 0.717) is 6.54 Å². The van der Waals surface area contributed by atoms with Gasteiger partial charge >= 0.3 is 0 Å². The second kappa shape index (κ2) is 11.3. The molecule has 0 radical (unpaired) electrons. The Hall–Kier alpha value is -1.92. The Morgan fingerprint density at radius 2 is 1.86 bits per heavy atom. The highest BCUT2D eigenvalue weighted by molar-refractivity contribution is 7.11. The number of piperidine rings is 1. The molecule has 2 N–H and O–H groups in total. The largest absolute Gasteiger partial charge is 0.357 e. The maximum absolute atomic E-state index is 4.85. The Balaban J connectivity index is 1.57. The number of hydrogen-bond acceptors (Lipinski definition) is 4. The van der Waals surface area contributed by atoms with E-state index in [4.69, 9.17) is 4.99 Å². The second-order valence-electron chi connectivity index (χ2n) is 7.73. The summed E-state index contributed by atoms with van der Waals surface area (Å²) in [4.78, 5) is 13.4. The third kappa shape index (κ3) is 6.82. The van der Waals surface area contributed by atoms with Crippen molar-refractivity contribution in [1.29, 1.82) is 0 Å². The van der Waals surface area contributed by atoms with Gasteiger partial charge in [-0.25, -0.2) is 9.98 Å². The molecule has 0 spiro atoms. The minimum atomic E-state index is 0.703.